The Balaban J connectivity index is 2.26. The van der Waals surface area contributed by atoms with Gasteiger partial charge in [-0.3, -0.25) is 0 Å². The summed E-state index contributed by atoms with van der Waals surface area (Å²) < 4.78 is 0. The highest BCUT2D eigenvalue weighted by atomic mass is 14.7. The standard InChI is InChI=1S/C18H17N/c1-13(2)12-16-15-10-6-7-11-17(15)19-18(16)14-8-4-3-5-9-14/h3-11,19H,1,12H2,2H3. The topological polar surface area (TPSA) is 15.8 Å². The highest BCUT2D eigenvalue weighted by Gasteiger charge is 2.12. The lowest BCUT2D eigenvalue weighted by atomic mass is 10.00. The van der Waals surface area contributed by atoms with E-state index in [-0.39, 0.29) is 0 Å². The van der Waals surface area contributed by atoms with E-state index in [9.17, 15) is 0 Å². The Kier molecular flexibility index (Phi) is 2.96. The number of fused-ring (bicyclic) bond motifs is 1. The van der Waals surface area contributed by atoms with E-state index in [1.807, 2.05) is 6.07 Å². The van der Waals surface area contributed by atoms with Crippen molar-refractivity contribution in [2.45, 2.75) is 13.3 Å². The predicted octanol–water partition coefficient (Wildman–Crippen LogP) is 4.95. The number of rotatable bonds is 3. The highest BCUT2D eigenvalue weighted by molar-refractivity contribution is 5.91. The van der Waals surface area contributed by atoms with Crippen LogP contribution in [0.1, 0.15) is 12.5 Å². The predicted molar refractivity (Wildman–Crippen MR) is 82.3 cm³/mol. The number of hydrogen-bond donors (Lipinski definition) is 1. The summed E-state index contributed by atoms with van der Waals surface area (Å²) in [6.45, 7) is 6.14. The number of H-pyrrole nitrogens is 1. The zero-order valence-corrected chi connectivity index (χ0v) is 11.1. The number of allylic oxidation sites excluding steroid dienone is 1. The molecule has 2 aromatic carbocycles. The molecule has 0 fully saturated rings. The maximum Gasteiger partial charge on any atom is 0.0500 e. The molecule has 1 heterocycles. The van der Waals surface area contributed by atoms with Crippen LogP contribution in [-0.2, 0) is 6.42 Å². The minimum Gasteiger partial charge on any atom is -0.354 e. The molecule has 3 aromatic rings. The van der Waals surface area contributed by atoms with Crippen LogP contribution in [-0.4, -0.2) is 4.98 Å². The minimum absolute atomic E-state index is 0.911. The fourth-order valence-electron chi connectivity index (χ4n) is 2.54. The van der Waals surface area contributed by atoms with Gasteiger partial charge in [-0.25, -0.2) is 0 Å². The molecule has 0 unspecified atom stereocenters. The zero-order chi connectivity index (χ0) is 13.2. The first-order chi connectivity index (χ1) is 9.25. The lowest BCUT2D eigenvalue weighted by Gasteiger charge is -2.05. The van der Waals surface area contributed by atoms with E-state index in [2.05, 4.69) is 67.0 Å². The van der Waals surface area contributed by atoms with Crippen LogP contribution in [0.15, 0.2) is 66.7 Å². The summed E-state index contributed by atoms with van der Waals surface area (Å²) in [5, 5.41) is 1.30. The molecule has 1 nitrogen and oxygen atoms in total. The average Bonchev–Trinajstić information content (AvgIpc) is 2.78. The Morgan fingerprint density at radius 2 is 1.68 bits per heavy atom. The number of para-hydroxylation sites is 1. The largest absolute Gasteiger partial charge is 0.354 e. The van der Waals surface area contributed by atoms with Gasteiger partial charge in [0.2, 0.25) is 0 Å². The molecule has 0 aliphatic rings. The molecule has 0 aliphatic heterocycles. The molecule has 0 atom stereocenters. The van der Waals surface area contributed by atoms with Gasteiger partial charge in [0.25, 0.3) is 0 Å². The van der Waals surface area contributed by atoms with Crippen molar-refractivity contribution >= 4 is 10.9 Å². The lowest BCUT2D eigenvalue weighted by Crippen LogP contribution is -1.88. The van der Waals surface area contributed by atoms with Crippen LogP contribution in [0.4, 0.5) is 0 Å². The second-order valence-electron chi connectivity index (χ2n) is 5.02. The molecule has 1 heteroatoms. The van der Waals surface area contributed by atoms with Gasteiger partial charge in [0, 0.05) is 10.9 Å². The summed E-state index contributed by atoms with van der Waals surface area (Å²) in [5.74, 6) is 0. The van der Waals surface area contributed by atoms with Crippen molar-refractivity contribution in [3.05, 3.63) is 72.3 Å². The first-order valence-corrected chi connectivity index (χ1v) is 6.55. The molecule has 19 heavy (non-hydrogen) atoms. The van der Waals surface area contributed by atoms with Gasteiger partial charge in [0.05, 0.1) is 5.69 Å². The van der Waals surface area contributed by atoms with Crippen molar-refractivity contribution in [3.8, 4) is 11.3 Å². The lowest BCUT2D eigenvalue weighted by molar-refractivity contribution is 1.17. The average molecular weight is 247 g/mol. The number of aromatic nitrogens is 1. The first kappa shape index (κ1) is 11.8. The molecule has 0 aliphatic carbocycles. The van der Waals surface area contributed by atoms with E-state index >= 15 is 0 Å². The van der Waals surface area contributed by atoms with Gasteiger partial charge in [-0.15, -0.1) is 0 Å². The van der Waals surface area contributed by atoms with Crippen LogP contribution in [0.2, 0.25) is 0 Å². The van der Waals surface area contributed by atoms with Crippen LogP contribution >= 0.6 is 0 Å². The normalized spacial score (nSPS) is 10.8. The van der Waals surface area contributed by atoms with Crippen molar-refractivity contribution in [1.29, 1.82) is 0 Å². The van der Waals surface area contributed by atoms with E-state index in [4.69, 9.17) is 0 Å². The van der Waals surface area contributed by atoms with Gasteiger partial charge in [-0.2, -0.15) is 0 Å². The zero-order valence-electron chi connectivity index (χ0n) is 11.1. The Bertz CT molecular complexity index is 720. The molecule has 94 valence electrons. The third-order valence-electron chi connectivity index (χ3n) is 3.35. The van der Waals surface area contributed by atoms with Crippen molar-refractivity contribution < 1.29 is 0 Å². The van der Waals surface area contributed by atoms with Gasteiger partial charge < -0.3 is 4.98 Å². The van der Waals surface area contributed by atoms with E-state index in [1.165, 1.54) is 33.3 Å². The molecule has 0 bridgehead atoms. The Morgan fingerprint density at radius 3 is 2.42 bits per heavy atom. The molecule has 0 radical (unpaired) electrons. The van der Waals surface area contributed by atoms with E-state index in [0.717, 1.165) is 6.42 Å². The second-order valence-corrected chi connectivity index (χ2v) is 5.02. The number of benzene rings is 2. The Hall–Kier alpha value is -2.28. The molecule has 0 saturated carbocycles. The summed E-state index contributed by atoms with van der Waals surface area (Å²) in [5.41, 5.74) is 6.16. The minimum atomic E-state index is 0.911. The molecular weight excluding hydrogens is 230 g/mol. The second kappa shape index (κ2) is 4.77. The smallest absolute Gasteiger partial charge is 0.0500 e. The third-order valence-corrected chi connectivity index (χ3v) is 3.35. The van der Waals surface area contributed by atoms with E-state index in [0.29, 0.717) is 0 Å². The fraction of sp³-hybridized carbons (Fsp3) is 0.111. The molecule has 3 rings (SSSR count). The summed E-state index contributed by atoms with van der Waals surface area (Å²) >= 11 is 0. The summed E-state index contributed by atoms with van der Waals surface area (Å²) in [4.78, 5) is 3.54. The summed E-state index contributed by atoms with van der Waals surface area (Å²) in [6, 6.07) is 19.0. The van der Waals surface area contributed by atoms with Crippen LogP contribution in [0.25, 0.3) is 22.2 Å². The first-order valence-electron chi connectivity index (χ1n) is 6.55. The number of nitrogens with one attached hydrogen (secondary N) is 1. The van der Waals surface area contributed by atoms with Crippen molar-refractivity contribution in [2.24, 2.45) is 0 Å². The van der Waals surface area contributed by atoms with Crippen LogP contribution < -0.4 is 0 Å². The summed E-state index contributed by atoms with van der Waals surface area (Å²) in [7, 11) is 0. The SMILES string of the molecule is C=C(C)Cc1c(-c2ccccc2)[nH]c2ccccc12. The van der Waals surface area contributed by atoms with Gasteiger partial charge in [0.1, 0.15) is 0 Å². The molecule has 1 aromatic heterocycles. The van der Waals surface area contributed by atoms with Gasteiger partial charge >= 0.3 is 0 Å². The number of aromatic amines is 1. The Labute approximate surface area is 113 Å². The van der Waals surface area contributed by atoms with E-state index < -0.39 is 0 Å². The van der Waals surface area contributed by atoms with Gasteiger partial charge in [-0.1, -0.05) is 60.7 Å². The van der Waals surface area contributed by atoms with Crippen molar-refractivity contribution in [2.75, 3.05) is 0 Å². The molecule has 0 spiro atoms. The van der Waals surface area contributed by atoms with Crippen LogP contribution in [0.3, 0.4) is 0 Å². The fourth-order valence-corrected chi connectivity index (χ4v) is 2.54. The highest BCUT2D eigenvalue weighted by Crippen LogP contribution is 2.31. The van der Waals surface area contributed by atoms with Gasteiger partial charge in [-0.05, 0) is 30.5 Å². The van der Waals surface area contributed by atoms with E-state index in [1.54, 1.807) is 0 Å². The molecule has 0 saturated heterocycles. The molecule has 0 amide bonds. The maximum absolute atomic E-state index is 4.06. The van der Waals surface area contributed by atoms with Crippen LogP contribution in [0, 0.1) is 0 Å². The van der Waals surface area contributed by atoms with Gasteiger partial charge in [0.15, 0.2) is 0 Å². The third kappa shape index (κ3) is 2.19. The maximum atomic E-state index is 4.06. The van der Waals surface area contributed by atoms with Crippen LogP contribution in [0.5, 0.6) is 0 Å². The molecule has 1 N–H and O–H groups in total. The number of hydrogen-bond acceptors (Lipinski definition) is 0. The van der Waals surface area contributed by atoms with Crippen molar-refractivity contribution in [1.82, 2.24) is 4.98 Å². The molecular formula is C18H17N. The quantitative estimate of drug-likeness (QED) is 0.630. The monoisotopic (exact) mass is 247 g/mol. The summed E-state index contributed by atoms with van der Waals surface area (Å²) in [6.07, 6.45) is 0.911. The Morgan fingerprint density at radius 1 is 1.00 bits per heavy atom. The van der Waals surface area contributed by atoms with Crippen molar-refractivity contribution in [3.63, 3.8) is 0 Å².